The van der Waals surface area contributed by atoms with Gasteiger partial charge in [0.1, 0.15) is 17.3 Å². The molecule has 0 fully saturated rings. The first-order valence-corrected chi connectivity index (χ1v) is 5.05. The fourth-order valence-electron chi connectivity index (χ4n) is 1.57. The monoisotopic (exact) mass is 225 g/mol. The van der Waals surface area contributed by atoms with E-state index < -0.39 is 0 Å². The van der Waals surface area contributed by atoms with Crippen LogP contribution in [0.25, 0.3) is 11.3 Å². The lowest BCUT2D eigenvalue weighted by molar-refractivity contribution is 0.415. The molecule has 0 aliphatic heterocycles. The molecule has 4 heteroatoms. The van der Waals surface area contributed by atoms with E-state index in [-0.39, 0.29) is 0 Å². The van der Waals surface area contributed by atoms with E-state index in [1.165, 1.54) is 0 Å². The lowest BCUT2D eigenvalue weighted by Crippen LogP contribution is -1.96. The number of nitrogen functional groups attached to an aromatic ring is 1. The predicted molar refractivity (Wildman–Crippen MR) is 65.4 cm³/mol. The molecular formula is C13H11N3O. The van der Waals surface area contributed by atoms with Gasteiger partial charge in [0.05, 0.1) is 18.7 Å². The Morgan fingerprint density at radius 2 is 2.12 bits per heavy atom. The van der Waals surface area contributed by atoms with Gasteiger partial charge in [0.15, 0.2) is 0 Å². The molecule has 17 heavy (non-hydrogen) atoms. The minimum Gasteiger partial charge on any atom is -0.494 e. The SMILES string of the molecule is COc1ccc(N)nc1-c1cccc(C#N)c1. The number of ether oxygens (including phenoxy) is 1. The summed E-state index contributed by atoms with van der Waals surface area (Å²) < 4.78 is 5.23. The molecule has 0 bridgehead atoms. The Labute approximate surface area is 99.3 Å². The molecule has 0 spiro atoms. The number of nitriles is 1. The first-order valence-electron chi connectivity index (χ1n) is 5.05. The summed E-state index contributed by atoms with van der Waals surface area (Å²) in [6.45, 7) is 0. The maximum Gasteiger partial charge on any atom is 0.145 e. The Hall–Kier alpha value is -2.54. The number of rotatable bonds is 2. The van der Waals surface area contributed by atoms with Crippen LogP contribution >= 0.6 is 0 Å². The van der Waals surface area contributed by atoms with E-state index in [0.29, 0.717) is 22.8 Å². The van der Waals surface area contributed by atoms with Crippen LogP contribution in [-0.2, 0) is 0 Å². The summed E-state index contributed by atoms with van der Waals surface area (Å²) in [6.07, 6.45) is 0. The van der Waals surface area contributed by atoms with E-state index in [2.05, 4.69) is 11.1 Å². The van der Waals surface area contributed by atoms with Gasteiger partial charge in [0.25, 0.3) is 0 Å². The van der Waals surface area contributed by atoms with E-state index in [4.69, 9.17) is 15.7 Å². The highest BCUT2D eigenvalue weighted by molar-refractivity contribution is 5.69. The van der Waals surface area contributed by atoms with Gasteiger partial charge < -0.3 is 10.5 Å². The molecule has 1 aromatic carbocycles. The van der Waals surface area contributed by atoms with Gasteiger partial charge in [-0.15, -0.1) is 0 Å². The maximum atomic E-state index is 8.86. The highest BCUT2D eigenvalue weighted by Gasteiger charge is 2.08. The smallest absolute Gasteiger partial charge is 0.145 e. The summed E-state index contributed by atoms with van der Waals surface area (Å²) >= 11 is 0. The summed E-state index contributed by atoms with van der Waals surface area (Å²) in [6, 6.07) is 12.7. The molecule has 0 aliphatic carbocycles. The van der Waals surface area contributed by atoms with Crippen LogP contribution in [-0.4, -0.2) is 12.1 Å². The van der Waals surface area contributed by atoms with Crippen molar-refractivity contribution in [2.75, 3.05) is 12.8 Å². The average molecular weight is 225 g/mol. The summed E-state index contributed by atoms with van der Waals surface area (Å²) in [7, 11) is 1.57. The van der Waals surface area contributed by atoms with Crippen LogP contribution in [0.3, 0.4) is 0 Å². The van der Waals surface area contributed by atoms with Gasteiger partial charge in [0, 0.05) is 5.56 Å². The van der Waals surface area contributed by atoms with Crippen LogP contribution in [0.15, 0.2) is 36.4 Å². The third-order valence-corrected chi connectivity index (χ3v) is 2.36. The topological polar surface area (TPSA) is 71.9 Å². The summed E-state index contributed by atoms with van der Waals surface area (Å²) in [4.78, 5) is 4.23. The van der Waals surface area contributed by atoms with Crippen LogP contribution in [0, 0.1) is 11.3 Å². The van der Waals surface area contributed by atoms with Crippen molar-refractivity contribution in [2.45, 2.75) is 0 Å². The number of hydrogen-bond acceptors (Lipinski definition) is 4. The maximum absolute atomic E-state index is 8.86. The van der Waals surface area contributed by atoms with Crippen LogP contribution in [0.5, 0.6) is 5.75 Å². The minimum atomic E-state index is 0.420. The van der Waals surface area contributed by atoms with Gasteiger partial charge in [-0.3, -0.25) is 0 Å². The Balaban J connectivity index is 2.59. The molecule has 84 valence electrons. The lowest BCUT2D eigenvalue weighted by Gasteiger charge is -2.08. The molecule has 0 saturated heterocycles. The minimum absolute atomic E-state index is 0.420. The van der Waals surface area contributed by atoms with Crippen molar-refractivity contribution in [3.05, 3.63) is 42.0 Å². The fourth-order valence-corrected chi connectivity index (χ4v) is 1.57. The Morgan fingerprint density at radius 3 is 2.82 bits per heavy atom. The van der Waals surface area contributed by atoms with E-state index in [0.717, 1.165) is 5.56 Å². The molecule has 1 aromatic heterocycles. The molecule has 0 amide bonds. The standard InChI is InChI=1S/C13H11N3O/c1-17-11-5-6-12(15)16-13(11)10-4-2-3-9(7-10)8-14/h2-7H,1H3,(H2,15,16). The molecular weight excluding hydrogens is 214 g/mol. The molecule has 2 aromatic rings. The molecule has 4 nitrogen and oxygen atoms in total. The zero-order valence-corrected chi connectivity index (χ0v) is 9.34. The second kappa shape index (κ2) is 4.54. The summed E-state index contributed by atoms with van der Waals surface area (Å²) in [5.41, 5.74) is 7.69. The number of methoxy groups -OCH3 is 1. The van der Waals surface area contributed by atoms with Gasteiger partial charge in [-0.05, 0) is 24.3 Å². The second-order valence-corrected chi connectivity index (χ2v) is 3.48. The molecule has 0 unspecified atom stereocenters. The van der Waals surface area contributed by atoms with Gasteiger partial charge in [0.2, 0.25) is 0 Å². The van der Waals surface area contributed by atoms with Crippen molar-refractivity contribution in [1.82, 2.24) is 4.98 Å². The zero-order valence-electron chi connectivity index (χ0n) is 9.34. The number of pyridine rings is 1. The third-order valence-electron chi connectivity index (χ3n) is 2.36. The van der Waals surface area contributed by atoms with Crippen LogP contribution in [0.4, 0.5) is 5.82 Å². The van der Waals surface area contributed by atoms with Gasteiger partial charge in [-0.25, -0.2) is 4.98 Å². The van der Waals surface area contributed by atoms with Gasteiger partial charge in [-0.1, -0.05) is 12.1 Å². The summed E-state index contributed by atoms with van der Waals surface area (Å²) in [5, 5.41) is 8.86. The fraction of sp³-hybridized carbons (Fsp3) is 0.0769. The number of nitrogens with zero attached hydrogens (tertiary/aromatic N) is 2. The molecule has 0 aliphatic rings. The van der Waals surface area contributed by atoms with Crippen LogP contribution < -0.4 is 10.5 Å². The molecule has 2 N–H and O–H groups in total. The predicted octanol–water partition coefficient (Wildman–Crippen LogP) is 2.21. The second-order valence-electron chi connectivity index (χ2n) is 3.48. The lowest BCUT2D eigenvalue weighted by atomic mass is 10.1. The van der Waals surface area contributed by atoms with E-state index in [9.17, 15) is 0 Å². The first kappa shape index (κ1) is 11.0. The van der Waals surface area contributed by atoms with Crippen LogP contribution in [0.1, 0.15) is 5.56 Å². The number of hydrogen-bond donors (Lipinski definition) is 1. The first-order chi connectivity index (χ1) is 8.24. The third kappa shape index (κ3) is 2.18. The Morgan fingerprint density at radius 1 is 1.29 bits per heavy atom. The van der Waals surface area contributed by atoms with Crippen molar-refractivity contribution < 1.29 is 4.74 Å². The number of anilines is 1. The Kier molecular flexibility index (Phi) is 2.93. The van der Waals surface area contributed by atoms with Gasteiger partial charge >= 0.3 is 0 Å². The molecule has 2 rings (SSSR count). The van der Waals surface area contributed by atoms with Crippen molar-refractivity contribution in [3.63, 3.8) is 0 Å². The van der Waals surface area contributed by atoms with E-state index in [1.54, 1.807) is 37.4 Å². The van der Waals surface area contributed by atoms with Crippen molar-refractivity contribution >= 4 is 5.82 Å². The van der Waals surface area contributed by atoms with Crippen molar-refractivity contribution in [2.24, 2.45) is 0 Å². The quantitative estimate of drug-likeness (QED) is 0.850. The van der Waals surface area contributed by atoms with E-state index >= 15 is 0 Å². The molecule has 1 heterocycles. The zero-order chi connectivity index (χ0) is 12.3. The van der Waals surface area contributed by atoms with Gasteiger partial charge in [-0.2, -0.15) is 5.26 Å². The highest BCUT2D eigenvalue weighted by Crippen LogP contribution is 2.29. The molecule has 0 saturated carbocycles. The normalized spacial score (nSPS) is 9.65. The molecule has 0 radical (unpaired) electrons. The van der Waals surface area contributed by atoms with E-state index in [1.807, 2.05) is 6.07 Å². The number of nitrogens with two attached hydrogens (primary N) is 1. The number of aromatic nitrogens is 1. The van der Waals surface area contributed by atoms with Crippen LogP contribution in [0.2, 0.25) is 0 Å². The highest BCUT2D eigenvalue weighted by atomic mass is 16.5. The average Bonchev–Trinajstić information content (AvgIpc) is 2.39. The Bertz CT molecular complexity index is 587. The van der Waals surface area contributed by atoms with Crippen molar-refractivity contribution in [1.29, 1.82) is 5.26 Å². The van der Waals surface area contributed by atoms with Crippen molar-refractivity contribution in [3.8, 4) is 23.1 Å². The summed E-state index contributed by atoms with van der Waals surface area (Å²) in [5.74, 6) is 1.05. The largest absolute Gasteiger partial charge is 0.494 e. The number of benzene rings is 1. The molecule has 0 atom stereocenters.